The molecule has 0 saturated carbocycles. The standard InChI is InChI=1S/C24H22F3N5O2/c1-12-9-17(31-23(34)21(33)15-5-4-6-16(10-15)24(25,26)27)7-8-18(12)19-20-22(28)29-13(2)11-32(20)14(3)30-19/h4-11,21,33H,1-3H3,(H2,28,29)(H,31,34)/t21-/m1/s1/i3D3. The Kier molecular flexibility index (Phi) is 4.86. The van der Waals surface area contributed by atoms with Gasteiger partial charge >= 0.3 is 6.18 Å². The Bertz CT molecular complexity index is 1520. The zero-order chi connectivity index (χ0) is 27.3. The average Bonchev–Trinajstić information content (AvgIpc) is 3.18. The minimum atomic E-state index is -4.62. The van der Waals surface area contributed by atoms with Crippen LogP contribution in [-0.4, -0.2) is 25.4 Å². The molecule has 0 radical (unpaired) electrons. The van der Waals surface area contributed by atoms with Crippen molar-refractivity contribution in [2.45, 2.75) is 33.0 Å². The Balaban J connectivity index is 1.66. The lowest BCUT2D eigenvalue weighted by Gasteiger charge is -2.15. The highest BCUT2D eigenvalue weighted by atomic mass is 19.4. The van der Waals surface area contributed by atoms with Gasteiger partial charge in [0.05, 0.1) is 11.3 Å². The van der Waals surface area contributed by atoms with Crippen LogP contribution in [0.15, 0.2) is 48.7 Å². The minimum absolute atomic E-state index is 0.0963. The van der Waals surface area contributed by atoms with Crippen molar-refractivity contribution in [3.8, 4) is 11.3 Å². The van der Waals surface area contributed by atoms with Crippen molar-refractivity contribution >= 4 is 22.9 Å². The number of anilines is 2. The number of aliphatic hydroxyl groups excluding tert-OH is 1. The molecule has 0 unspecified atom stereocenters. The van der Waals surface area contributed by atoms with Crippen LogP contribution in [0, 0.1) is 20.7 Å². The summed E-state index contributed by atoms with van der Waals surface area (Å²) in [4.78, 5) is 21.1. The number of benzene rings is 2. The zero-order valence-electron chi connectivity index (χ0n) is 21.1. The Morgan fingerprint density at radius 3 is 2.65 bits per heavy atom. The smallest absolute Gasteiger partial charge is 0.382 e. The molecule has 0 aliphatic heterocycles. The summed E-state index contributed by atoms with van der Waals surface area (Å²) in [5, 5.41) is 12.8. The Morgan fingerprint density at radius 2 is 1.97 bits per heavy atom. The molecule has 1 atom stereocenters. The number of nitrogens with two attached hydrogens (primary N) is 1. The molecule has 0 fully saturated rings. The minimum Gasteiger partial charge on any atom is -0.382 e. The van der Waals surface area contributed by atoms with Crippen LogP contribution in [0.2, 0.25) is 0 Å². The van der Waals surface area contributed by atoms with Crippen LogP contribution in [0.5, 0.6) is 0 Å². The fourth-order valence-corrected chi connectivity index (χ4v) is 3.70. The van der Waals surface area contributed by atoms with Gasteiger partial charge in [-0.15, -0.1) is 0 Å². The lowest BCUT2D eigenvalue weighted by molar-refractivity contribution is -0.138. The molecule has 4 N–H and O–H groups in total. The number of fused-ring (bicyclic) bond motifs is 1. The first-order valence-electron chi connectivity index (χ1n) is 11.6. The molecule has 2 aromatic heterocycles. The van der Waals surface area contributed by atoms with Crippen LogP contribution < -0.4 is 11.1 Å². The summed E-state index contributed by atoms with van der Waals surface area (Å²) in [6.45, 7) is 0.851. The second kappa shape index (κ2) is 8.45. The first kappa shape index (κ1) is 19.5. The zero-order valence-corrected chi connectivity index (χ0v) is 18.1. The van der Waals surface area contributed by atoms with Gasteiger partial charge in [-0.1, -0.05) is 18.2 Å². The highest BCUT2D eigenvalue weighted by Gasteiger charge is 2.31. The number of carbonyl (C=O) groups is 1. The third-order valence-electron chi connectivity index (χ3n) is 5.29. The highest BCUT2D eigenvalue weighted by molar-refractivity contribution is 5.95. The van der Waals surface area contributed by atoms with Crippen molar-refractivity contribution in [3.05, 3.63) is 76.9 Å². The number of aromatic nitrogens is 3. The second-order valence-electron chi connectivity index (χ2n) is 7.81. The Morgan fingerprint density at radius 1 is 1.21 bits per heavy atom. The quantitative estimate of drug-likeness (QED) is 0.403. The molecule has 176 valence electrons. The number of nitrogen functional groups attached to an aromatic ring is 1. The largest absolute Gasteiger partial charge is 0.416 e. The Labute approximate surface area is 197 Å². The van der Waals surface area contributed by atoms with Gasteiger partial charge in [0.25, 0.3) is 5.91 Å². The number of hydrogen-bond donors (Lipinski definition) is 3. The molecule has 2 aromatic carbocycles. The summed E-state index contributed by atoms with van der Waals surface area (Å²) in [7, 11) is 0. The van der Waals surface area contributed by atoms with Crippen LogP contribution in [-0.2, 0) is 11.0 Å². The van der Waals surface area contributed by atoms with Crippen LogP contribution in [0.1, 0.15) is 38.4 Å². The predicted molar refractivity (Wildman–Crippen MR) is 122 cm³/mol. The molecule has 7 nitrogen and oxygen atoms in total. The van der Waals surface area contributed by atoms with E-state index >= 15 is 0 Å². The van der Waals surface area contributed by atoms with Crippen molar-refractivity contribution in [2.75, 3.05) is 11.1 Å². The first-order chi connectivity index (χ1) is 17.2. The lowest BCUT2D eigenvalue weighted by atomic mass is 10.0. The molecule has 34 heavy (non-hydrogen) atoms. The maximum absolute atomic E-state index is 13.0. The molecule has 0 saturated heterocycles. The number of aliphatic hydroxyl groups is 1. The number of rotatable bonds is 4. The van der Waals surface area contributed by atoms with Crippen molar-refractivity contribution in [2.24, 2.45) is 0 Å². The lowest BCUT2D eigenvalue weighted by Crippen LogP contribution is -2.21. The van der Waals surface area contributed by atoms with Gasteiger partial charge in [-0.3, -0.25) is 9.20 Å². The number of carbonyl (C=O) groups excluding carboxylic acids is 1. The van der Waals surface area contributed by atoms with E-state index in [9.17, 15) is 23.1 Å². The van der Waals surface area contributed by atoms with Gasteiger partial charge in [0, 0.05) is 21.6 Å². The molecular weight excluding hydrogens is 447 g/mol. The van der Waals surface area contributed by atoms with E-state index in [-0.39, 0.29) is 28.6 Å². The van der Waals surface area contributed by atoms with E-state index in [0.717, 1.165) is 12.1 Å². The highest BCUT2D eigenvalue weighted by Crippen LogP contribution is 2.33. The molecular formula is C24H22F3N5O2. The van der Waals surface area contributed by atoms with Gasteiger partial charge < -0.3 is 16.2 Å². The van der Waals surface area contributed by atoms with E-state index in [0.29, 0.717) is 28.4 Å². The van der Waals surface area contributed by atoms with Gasteiger partial charge in [-0.2, -0.15) is 13.2 Å². The molecule has 10 heteroatoms. The molecule has 0 bridgehead atoms. The van der Waals surface area contributed by atoms with Crippen LogP contribution in [0.4, 0.5) is 24.7 Å². The molecule has 0 aliphatic rings. The summed E-state index contributed by atoms with van der Waals surface area (Å²) in [6.07, 6.45) is -4.92. The van der Waals surface area contributed by atoms with Crippen molar-refractivity contribution in [1.82, 2.24) is 14.4 Å². The summed E-state index contributed by atoms with van der Waals surface area (Å²) in [5.41, 5.74) is 7.41. The normalized spacial score (nSPS) is 14.4. The van der Waals surface area contributed by atoms with Gasteiger partial charge in [-0.25, -0.2) is 9.97 Å². The van der Waals surface area contributed by atoms with Gasteiger partial charge in [-0.05, 0) is 56.1 Å². The maximum atomic E-state index is 13.0. The van der Waals surface area contributed by atoms with E-state index < -0.39 is 30.6 Å². The molecule has 4 rings (SSSR count). The van der Waals surface area contributed by atoms with Crippen LogP contribution >= 0.6 is 0 Å². The molecule has 2 heterocycles. The SMILES string of the molecule is [2H]C([2H])([2H])c1nc(-c2ccc(NC(=O)[C@H](O)c3cccc(C(F)(F)F)c3)cc2C)c2c(N)nc(C)cn12. The molecule has 1 amide bonds. The number of aryl methyl sites for hydroxylation is 3. The van der Waals surface area contributed by atoms with E-state index in [1.165, 1.54) is 22.7 Å². The third-order valence-corrected chi connectivity index (χ3v) is 5.29. The average molecular weight is 472 g/mol. The number of hydrogen-bond acceptors (Lipinski definition) is 5. The van der Waals surface area contributed by atoms with E-state index in [1.54, 1.807) is 26.0 Å². The maximum Gasteiger partial charge on any atom is 0.416 e. The van der Waals surface area contributed by atoms with E-state index in [4.69, 9.17) is 9.85 Å². The van der Waals surface area contributed by atoms with E-state index in [1.807, 2.05) is 0 Å². The van der Waals surface area contributed by atoms with Gasteiger partial charge in [0.1, 0.15) is 22.9 Å². The summed E-state index contributed by atoms with van der Waals surface area (Å²) >= 11 is 0. The topological polar surface area (TPSA) is 106 Å². The summed E-state index contributed by atoms with van der Waals surface area (Å²) in [6, 6.07) is 8.54. The van der Waals surface area contributed by atoms with Crippen molar-refractivity contribution in [3.63, 3.8) is 0 Å². The van der Waals surface area contributed by atoms with E-state index in [2.05, 4.69) is 15.3 Å². The number of nitrogens with zero attached hydrogens (tertiary/aromatic N) is 3. The van der Waals surface area contributed by atoms with Crippen LogP contribution in [0.25, 0.3) is 16.8 Å². The monoisotopic (exact) mass is 472 g/mol. The third kappa shape index (κ3) is 4.32. The fourth-order valence-electron chi connectivity index (χ4n) is 3.70. The second-order valence-corrected chi connectivity index (χ2v) is 7.81. The van der Waals surface area contributed by atoms with Crippen LogP contribution in [0.3, 0.4) is 0 Å². The number of imidazole rings is 1. The van der Waals surface area contributed by atoms with Crippen molar-refractivity contribution in [1.29, 1.82) is 0 Å². The first-order valence-corrected chi connectivity index (χ1v) is 10.1. The number of halogens is 3. The fraction of sp³-hybridized carbons (Fsp3) is 0.208. The van der Waals surface area contributed by atoms with Gasteiger partial charge in [0.2, 0.25) is 0 Å². The summed E-state index contributed by atoms with van der Waals surface area (Å²) < 4.78 is 63.9. The Hall–Kier alpha value is -3.92. The molecule has 4 aromatic rings. The molecule has 0 aliphatic carbocycles. The number of amides is 1. The predicted octanol–water partition coefficient (Wildman–Crippen LogP) is 4.59. The number of nitrogens with one attached hydrogen (secondary N) is 1. The molecule has 0 spiro atoms. The van der Waals surface area contributed by atoms with Crippen molar-refractivity contribution < 1.29 is 27.2 Å². The summed E-state index contributed by atoms with van der Waals surface area (Å²) in [5.74, 6) is -1.01. The van der Waals surface area contributed by atoms with Gasteiger partial charge in [0.15, 0.2) is 6.10 Å². The number of alkyl halides is 3.